The van der Waals surface area contributed by atoms with Crippen molar-refractivity contribution in [1.29, 1.82) is 0 Å². The zero-order valence-electron chi connectivity index (χ0n) is 7.19. The first kappa shape index (κ1) is 11.7. The maximum atomic E-state index is 11.2. The summed E-state index contributed by atoms with van der Waals surface area (Å²) >= 11 is 0. The highest BCUT2D eigenvalue weighted by molar-refractivity contribution is 5.85. The van der Waals surface area contributed by atoms with Crippen LogP contribution >= 0.6 is 12.4 Å². The van der Waals surface area contributed by atoms with E-state index in [1.807, 2.05) is 0 Å². The maximum Gasteiger partial charge on any atom is 0.239 e. The van der Waals surface area contributed by atoms with Gasteiger partial charge < -0.3 is 16.4 Å². The molecule has 5 heteroatoms. The van der Waals surface area contributed by atoms with Crippen LogP contribution in [0.1, 0.15) is 13.3 Å². The molecule has 1 heterocycles. The quantitative estimate of drug-likeness (QED) is 0.580. The third-order valence-corrected chi connectivity index (χ3v) is 1.93. The fourth-order valence-electron chi connectivity index (χ4n) is 1.28. The Morgan fingerprint density at radius 3 is 2.58 bits per heavy atom. The van der Waals surface area contributed by atoms with Crippen molar-refractivity contribution in [2.45, 2.75) is 25.4 Å². The molecule has 0 spiro atoms. The van der Waals surface area contributed by atoms with Crippen molar-refractivity contribution in [2.24, 2.45) is 11.5 Å². The number of nitrogens with two attached hydrogens (primary N) is 2. The summed E-state index contributed by atoms with van der Waals surface area (Å²) in [4.78, 5) is 13.0. The Kier molecular flexibility index (Phi) is 4.52. The smallest absolute Gasteiger partial charge is 0.239 e. The third kappa shape index (κ3) is 2.62. The Balaban J connectivity index is 0.00000121. The lowest BCUT2D eigenvalue weighted by molar-refractivity contribution is -0.131. The van der Waals surface area contributed by atoms with Crippen molar-refractivity contribution in [1.82, 2.24) is 4.90 Å². The van der Waals surface area contributed by atoms with Gasteiger partial charge >= 0.3 is 0 Å². The van der Waals surface area contributed by atoms with Gasteiger partial charge in [0.05, 0.1) is 6.04 Å². The van der Waals surface area contributed by atoms with E-state index in [0.717, 1.165) is 13.0 Å². The van der Waals surface area contributed by atoms with E-state index in [1.165, 1.54) is 0 Å². The Morgan fingerprint density at radius 1 is 1.67 bits per heavy atom. The summed E-state index contributed by atoms with van der Waals surface area (Å²) in [5.41, 5.74) is 11.1. The van der Waals surface area contributed by atoms with E-state index in [2.05, 4.69) is 0 Å². The molecule has 0 aliphatic carbocycles. The first-order valence-corrected chi connectivity index (χ1v) is 3.91. The number of carbonyl (C=O) groups is 1. The monoisotopic (exact) mass is 193 g/mol. The number of amides is 1. The zero-order valence-corrected chi connectivity index (χ0v) is 8.01. The average molecular weight is 194 g/mol. The van der Waals surface area contributed by atoms with E-state index in [1.54, 1.807) is 11.8 Å². The van der Waals surface area contributed by atoms with Crippen LogP contribution in [0.2, 0.25) is 0 Å². The lowest BCUT2D eigenvalue weighted by Crippen LogP contribution is -2.41. The number of halogens is 1. The minimum atomic E-state index is -0.389. The molecule has 1 saturated heterocycles. The van der Waals surface area contributed by atoms with Gasteiger partial charge in [-0.3, -0.25) is 4.79 Å². The number of likely N-dealkylation sites (tertiary alicyclic amines) is 1. The van der Waals surface area contributed by atoms with Crippen LogP contribution in [-0.4, -0.2) is 36.0 Å². The third-order valence-electron chi connectivity index (χ3n) is 1.93. The largest absolute Gasteiger partial charge is 0.340 e. The Bertz CT molecular complexity index is 163. The fourth-order valence-corrected chi connectivity index (χ4v) is 1.28. The second-order valence-electron chi connectivity index (χ2n) is 3.12. The molecule has 0 aromatic carbocycles. The fraction of sp³-hybridized carbons (Fsp3) is 0.857. The molecule has 0 saturated carbocycles. The highest BCUT2D eigenvalue weighted by Crippen LogP contribution is 2.07. The van der Waals surface area contributed by atoms with Gasteiger partial charge in [0.2, 0.25) is 5.91 Å². The van der Waals surface area contributed by atoms with Crippen molar-refractivity contribution in [3.05, 3.63) is 0 Å². The molecule has 0 radical (unpaired) electrons. The average Bonchev–Trinajstić information content (AvgIpc) is 2.34. The van der Waals surface area contributed by atoms with Gasteiger partial charge in [0.15, 0.2) is 0 Å². The van der Waals surface area contributed by atoms with Crippen molar-refractivity contribution in [3.8, 4) is 0 Å². The lowest BCUT2D eigenvalue weighted by atomic mass is 10.3. The standard InChI is InChI=1S/C7H15N3O.ClH/c1-5(8)7(11)10-3-2-6(9)4-10;/h5-6H,2-4,8-9H2,1H3;1H/t5-,6+;/m1./s1. The van der Waals surface area contributed by atoms with Crippen LogP contribution in [0.15, 0.2) is 0 Å². The number of rotatable bonds is 1. The van der Waals surface area contributed by atoms with Gasteiger partial charge in [0, 0.05) is 19.1 Å². The molecule has 0 aromatic heterocycles. The van der Waals surface area contributed by atoms with Gasteiger partial charge in [-0.05, 0) is 13.3 Å². The molecule has 0 bridgehead atoms. The van der Waals surface area contributed by atoms with Crippen LogP contribution in [0, 0.1) is 0 Å². The van der Waals surface area contributed by atoms with E-state index >= 15 is 0 Å². The SMILES string of the molecule is C[C@@H](N)C(=O)N1CC[C@H](N)C1.Cl. The van der Waals surface area contributed by atoms with Crippen molar-refractivity contribution in [3.63, 3.8) is 0 Å². The van der Waals surface area contributed by atoms with Crippen LogP contribution in [0.5, 0.6) is 0 Å². The molecule has 2 atom stereocenters. The van der Waals surface area contributed by atoms with Crippen molar-refractivity contribution < 1.29 is 4.79 Å². The van der Waals surface area contributed by atoms with Crippen molar-refractivity contribution >= 4 is 18.3 Å². The summed E-state index contributed by atoms with van der Waals surface area (Å²) in [6.07, 6.45) is 0.901. The van der Waals surface area contributed by atoms with E-state index < -0.39 is 0 Å². The summed E-state index contributed by atoms with van der Waals surface area (Å²) < 4.78 is 0. The van der Waals surface area contributed by atoms with E-state index in [4.69, 9.17) is 11.5 Å². The molecule has 1 rings (SSSR count). The van der Waals surface area contributed by atoms with E-state index in [0.29, 0.717) is 6.54 Å². The zero-order chi connectivity index (χ0) is 8.43. The number of carbonyl (C=O) groups excluding carboxylic acids is 1. The molecule has 4 N–H and O–H groups in total. The topological polar surface area (TPSA) is 72.4 Å². The van der Waals surface area contributed by atoms with Crippen LogP contribution in [-0.2, 0) is 4.79 Å². The second kappa shape index (κ2) is 4.64. The van der Waals surface area contributed by atoms with Gasteiger partial charge in [0.1, 0.15) is 0 Å². The van der Waals surface area contributed by atoms with Crippen LogP contribution in [0.3, 0.4) is 0 Å². The molecule has 1 amide bonds. The maximum absolute atomic E-state index is 11.2. The van der Waals surface area contributed by atoms with Crippen LogP contribution in [0.25, 0.3) is 0 Å². The van der Waals surface area contributed by atoms with E-state index in [9.17, 15) is 4.79 Å². The van der Waals surface area contributed by atoms with Crippen LogP contribution < -0.4 is 11.5 Å². The van der Waals surface area contributed by atoms with E-state index in [-0.39, 0.29) is 30.4 Å². The molecule has 72 valence electrons. The summed E-state index contributed by atoms with van der Waals surface area (Å²) in [6, 6.07) is -0.238. The summed E-state index contributed by atoms with van der Waals surface area (Å²) in [7, 11) is 0. The molecule has 1 fully saturated rings. The first-order valence-electron chi connectivity index (χ1n) is 3.91. The normalized spacial score (nSPS) is 24.9. The summed E-state index contributed by atoms with van der Waals surface area (Å²) in [5, 5.41) is 0. The Hall–Kier alpha value is -0.320. The highest BCUT2D eigenvalue weighted by atomic mass is 35.5. The molecular weight excluding hydrogens is 178 g/mol. The number of hydrogen-bond donors (Lipinski definition) is 2. The Labute approximate surface area is 78.7 Å². The van der Waals surface area contributed by atoms with Gasteiger partial charge in [-0.2, -0.15) is 0 Å². The predicted molar refractivity (Wildman–Crippen MR) is 50.1 cm³/mol. The summed E-state index contributed by atoms with van der Waals surface area (Å²) in [5.74, 6) is 0.0120. The lowest BCUT2D eigenvalue weighted by Gasteiger charge is -2.17. The van der Waals surface area contributed by atoms with Gasteiger partial charge in [-0.15, -0.1) is 12.4 Å². The minimum Gasteiger partial charge on any atom is -0.340 e. The Morgan fingerprint density at radius 2 is 2.25 bits per heavy atom. The van der Waals surface area contributed by atoms with Crippen molar-refractivity contribution in [2.75, 3.05) is 13.1 Å². The molecule has 1 aliphatic rings. The minimum absolute atomic E-state index is 0. The predicted octanol–water partition coefficient (Wildman–Crippen LogP) is -0.685. The highest BCUT2D eigenvalue weighted by Gasteiger charge is 2.24. The summed E-state index contributed by atoms with van der Waals surface area (Å²) in [6.45, 7) is 3.13. The second-order valence-corrected chi connectivity index (χ2v) is 3.12. The molecular formula is C7H16ClN3O. The molecule has 1 aliphatic heterocycles. The van der Waals surface area contributed by atoms with Gasteiger partial charge in [0.25, 0.3) is 0 Å². The van der Waals surface area contributed by atoms with Crippen LogP contribution in [0.4, 0.5) is 0 Å². The molecule has 12 heavy (non-hydrogen) atoms. The molecule has 0 aromatic rings. The van der Waals surface area contributed by atoms with Gasteiger partial charge in [-0.25, -0.2) is 0 Å². The number of nitrogens with zero attached hydrogens (tertiary/aromatic N) is 1. The first-order chi connectivity index (χ1) is 5.11. The molecule has 0 unspecified atom stereocenters. The molecule has 4 nitrogen and oxygen atoms in total. The van der Waals surface area contributed by atoms with Gasteiger partial charge in [-0.1, -0.05) is 0 Å². The number of hydrogen-bond acceptors (Lipinski definition) is 3.